The van der Waals surface area contributed by atoms with E-state index in [0.717, 1.165) is 30.4 Å². The Bertz CT molecular complexity index is 791. The van der Waals surface area contributed by atoms with Crippen LogP contribution >= 0.6 is 0 Å². The minimum Gasteiger partial charge on any atom is -0.487 e. The van der Waals surface area contributed by atoms with E-state index in [0.29, 0.717) is 17.6 Å². The van der Waals surface area contributed by atoms with E-state index in [1.54, 1.807) is 6.07 Å². The van der Waals surface area contributed by atoms with Crippen LogP contribution < -0.4 is 4.74 Å². The smallest absolute Gasteiger partial charge is 0.165 e. The van der Waals surface area contributed by atoms with Crippen LogP contribution in [0.3, 0.4) is 0 Å². The van der Waals surface area contributed by atoms with Crippen LogP contribution in [0.15, 0.2) is 42.5 Å². The van der Waals surface area contributed by atoms with Gasteiger partial charge in [0, 0.05) is 0 Å². The zero-order valence-corrected chi connectivity index (χ0v) is 20.5. The van der Waals surface area contributed by atoms with Crippen LogP contribution in [0.2, 0.25) is 0 Å². The van der Waals surface area contributed by atoms with E-state index >= 15 is 4.39 Å². The lowest BCUT2D eigenvalue weighted by Crippen LogP contribution is -2.36. The molecule has 2 heteroatoms. The van der Waals surface area contributed by atoms with Crippen molar-refractivity contribution in [2.75, 3.05) is 0 Å². The van der Waals surface area contributed by atoms with Crippen molar-refractivity contribution in [3.63, 3.8) is 0 Å². The molecule has 2 unspecified atom stereocenters. The molecule has 32 heavy (non-hydrogen) atoms. The van der Waals surface area contributed by atoms with Gasteiger partial charge in [0.15, 0.2) is 11.6 Å². The minimum absolute atomic E-state index is 0.135. The third kappa shape index (κ3) is 6.83. The highest BCUT2D eigenvalue weighted by atomic mass is 19.1. The molecular weight excluding hydrogens is 395 g/mol. The van der Waals surface area contributed by atoms with Crippen LogP contribution in [0.1, 0.15) is 97.0 Å². The molecule has 0 N–H and O–H groups in total. The second-order valence-corrected chi connectivity index (χ2v) is 9.76. The van der Waals surface area contributed by atoms with Gasteiger partial charge < -0.3 is 4.74 Å². The van der Waals surface area contributed by atoms with Gasteiger partial charge in [-0.25, -0.2) is 4.39 Å². The average Bonchev–Trinajstić information content (AvgIpc) is 2.82. The molecule has 176 valence electrons. The first kappa shape index (κ1) is 24.8. The number of unbranched alkanes of at least 4 members (excludes halogenated alkanes) is 1. The van der Waals surface area contributed by atoms with Crippen molar-refractivity contribution < 1.29 is 9.13 Å². The van der Waals surface area contributed by atoms with Crippen molar-refractivity contribution in [3.05, 3.63) is 53.8 Å². The second kappa shape index (κ2) is 13.0. The van der Waals surface area contributed by atoms with Crippen molar-refractivity contribution in [2.45, 2.75) is 104 Å². The summed E-state index contributed by atoms with van der Waals surface area (Å²) in [7, 11) is 0. The largest absolute Gasteiger partial charge is 0.487 e. The van der Waals surface area contributed by atoms with E-state index in [9.17, 15) is 0 Å². The number of ether oxygens (including phenoxy) is 1. The molecule has 1 aliphatic rings. The van der Waals surface area contributed by atoms with Gasteiger partial charge in [0.2, 0.25) is 0 Å². The van der Waals surface area contributed by atoms with Gasteiger partial charge in [-0.1, -0.05) is 96.0 Å². The highest BCUT2D eigenvalue weighted by molar-refractivity contribution is 5.64. The summed E-state index contributed by atoms with van der Waals surface area (Å²) in [5.41, 5.74) is 3.31. The topological polar surface area (TPSA) is 9.23 Å². The van der Waals surface area contributed by atoms with E-state index in [1.807, 2.05) is 12.1 Å². The standard InChI is InChI=1S/C30H43FO/c1-4-7-13-25(12-6-3)30(26-14-9-8-10-15-26)32-29-21-20-27(22-28(29)31)24-18-16-23(11-5-2)17-19-24/h16-22,25-26,30H,4-15H2,1-3H3. The number of halogens is 1. The molecule has 1 nitrogen and oxygen atoms in total. The molecule has 2 aromatic carbocycles. The first-order valence-electron chi connectivity index (χ1n) is 13.2. The third-order valence-electron chi connectivity index (χ3n) is 7.19. The normalized spacial score (nSPS) is 16.6. The van der Waals surface area contributed by atoms with E-state index in [1.165, 1.54) is 63.4 Å². The molecule has 1 saturated carbocycles. The van der Waals surface area contributed by atoms with E-state index in [-0.39, 0.29) is 11.9 Å². The molecule has 0 aliphatic heterocycles. The van der Waals surface area contributed by atoms with Gasteiger partial charge >= 0.3 is 0 Å². The Labute approximate surface area is 195 Å². The number of hydrogen-bond donors (Lipinski definition) is 0. The molecule has 3 rings (SSSR count). The van der Waals surface area contributed by atoms with E-state index in [4.69, 9.17) is 4.74 Å². The molecule has 0 spiro atoms. The molecule has 0 amide bonds. The van der Waals surface area contributed by atoms with Crippen LogP contribution in [0.4, 0.5) is 4.39 Å². The molecule has 0 bridgehead atoms. The van der Waals surface area contributed by atoms with Crippen molar-refractivity contribution in [2.24, 2.45) is 11.8 Å². The zero-order chi connectivity index (χ0) is 22.8. The molecule has 0 heterocycles. The fourth-order valence-electron chi connectivity index (χ4n) is 5.43. The minimum atomic E-state index is -0.230. The quantitative estimate of drug-likeness (QED) is 0.321. The summed E-state index contributed by atoms with van der Waals surface area (Å²) in [6.07, 6.45) is 14.7. The van der Waals surface area contributed by atoms with Gasteiger partial charge in [0.25, 0.3) is 0 Å². The first-order chi connectivity index (χ1) is 15.7. The second-order valence-electron chi connectivity index (χ2n) is 9.76. The maximum absolute atomic E-state index is 15.2. The number of aryl methyl sites for hydroxylation is 1. The summed E-state index contributed by atoms with van der Waals surface area (Å²) >= 11 is 0. The highest BCUT2D eigenvalue weighted by Gasteiger charge is 2.32. The van der Waals surface area contributed by atoms with Crippen LogP contribution in [0, 0.1) is 17.7 Å². The van der Waals surface area contributed by atoms with Crippen LogP contribution in [-0.2, 0) is 6.42 Å². The summed E-state index contributed by atoms with van der Waals surface area (Å²) in [6, 6.07) is 14.1. The summed E-state index contributed by atoms with van der Waals surface area (Å²) in [5, 5.41) is 0. The van der Waals surface area contributed by atoms with Gasteiger partial charge in [-0.05, 0) is 72.8 Å². The number of benzene rings is 2. The Morgan fingerprint density at radius 2 is 1.56 bits per heavy atom. The highest BCUT2D eigenvalue weighted by Crippen LogP contribution is 2.37. The van der Waals surface area contributed by atoms with E-state index in [2.05, 4.69) is 45.0 Å². The van der Waals surface area contributed by atoms with Gasteiger partial charge in [-0.2, -0.15) is 0 Å². The number of rotatable bonds is 12. The maximum atomic E-state index is 15.2. The first-order valence-corrected chi connectivity index (χ1v) is 13.2. The average molecular weight is 439 g/mol. The van der Waals surface area contributed by atoms with Crippen LogP contribution in [0.5, 0.6) is 5.75 Å². The van der Waals surface area contributed by atoms with Crippen LogP contribution in [0.25, 0.3) is 11.1 Å². The predicted molar refractivity (Wildman–Crippen MR) is 135 cm³/mol. The maximum Gasteiger partial charge on any atom is 0.165 e. The molecule has 0 aromatic heterocycles. The Morgan fingerprint density at radius 3 is 2.19 bits per heavy atom. The SMILES string of the molecule is CCCCC(CCC)C(Oc1ccc(-c2ccc(CCC)cc2)cc1F)C1CCCCC1. The van der Waals surface area contributed by atoms with Gasteiger partial charge in [0.1, 0.15) is 6.10 Å². The Hall–Kier alpha value is -1.83. The molecule has 0 radical (unpaired) electrons. The van der Waals surface area contributed by atoms with Crippen molar-refractivity contribution in [1.29, 1.82) is 0 Å². The molecule has 1 aliphatic carbocycles. The van der Waals surface area contributed by atoms with Gasteiger partial charge in [-0.3, -0.25) is 0 Å². The Kier molecular flexibility index (Phi) is 10.1. The van der Waals surface area contributed by atoms with Gasteiger partial charge in [0.05, 0.1) is 0 Å². The van der Waals surface area contributed by atoms with E-state index < -0.39 is 0 Å². The van der Waals surface area contributed by atoms with Crippen molar-refractivity contribution in [1.82, 2.24) is 0 Å². The van der Waals surface area contributed by atoms with Crippen LogP contribution in [-0.4, -0.2) is 6.10 Å². The number of hydrogen-bond acceptors (Lipinski definition) is 1. The Morgan fingerprint density at radius 1 is 0.844 bits per heavy atom. The monoisotopic (exact) mass is 438 g/mol. The summed E-state index contributed by atoms with van der Waals surface area (Å²) in [4.78, 5) is 0. The molecule has 0 saturated heterocycles. The Balaban J connectivity index is 1.80. The molecular formula is C30H43FO. The summed E-state index contributed by atoms with van der Waals surface area (Å²) in [6.45, 7) is 6.71. The van der Waals surface area contributed by atoms with Crippen molar-refractivity contribution in [3.8, 4) is 16.9 Å². The molecule has 1 fully saturated rings. The predicted octanol–water partition coefficient (Wildman–Crippen LogP) is 9.38. The summed E-state index contributed by atoms with van der Waals surface area (Å²) in [5.74, 6) is 1.28. The molecule has 2 atom stereocenters. The molecule has 2 aromatic rings. The van der Waals surface area contributed by atoms with Gasteiger partial charge in [-0.15, -0.1) is 0 Å². The summed E-state index contributed by atoms with van der Waals surface area (Å²) < 4.78 is 21.8. The lowest BCUT2D eigenvalue weighted by Gasteiger charge is -2.36. The lowest BCUT2D eigenvalue weighted by molar-refractivity contribution is 0.0431. The fourth-order valence-corrected chi connectivity index (χ4v) is 5.43. The van der Waals surface area contributed by atoms with Crippen molar-refractivity contribution >= 4 is 0 Å². The lowest BCUT2D eigenvalue weighted by atomic mass is 9.77. The fraction of sp³-hybridized carbons (Fsp3) is 0.600. The third-order valence-corrected chi connectivity index (χ3v) is 7.19. The zero-order valence-electron chi connectivity index (χ0n) is 20.5.